The summed E-state index contributed by atoms with van der Waals surface area (Å²) in [4.78, 5) is 10.7. The van der Waals surface area contributed by atoms with E-state index in [0.717, 1.165) is 30.9 Å². The van der Waals surface area contributed by atoms with Gasteiger partial charge < -0.3 is 4.90 Å². The van der Waals surface area contributed by atoms with Crippen LogP contribution < -0.4 is 4.90 Å². The summed E-state index contributed by atoms with van der Waals surface area (Å²) >= 11 is 6.02. The van der Waals surface area contributed by atoms with E-state index >= 15 is 0 Å². The van der Waals surface area contributed by atoms with Crippen LogP contribution in [0, 0.1) is 18.3 Å². The van der Waals surface area contributed by atoms with E-state index in [1.807, 2.05) is 31.2 Å². The molecule has 0 fully saturated rings. The van der Waals surface area contributed by atoms with Crippen molar-refractivity contribution in [3.63, 3.8) is 0 Å². The minimum atomic E-state index is 0.457. The van der Waals surface area contributed by atoms with Gasteiger partial charge in [-0.3, -0.25) is 0 Å². The third-order valence-electron chi connectivity index (χ3n) is 3.07. The van der Waals surface area contributed by atoms with Crippen molar-refractivity contribution in [1.82, 2.24) is 9.97 Å². The van der Waals surface area contributed by atoms with Gasteiger partial charge >= 0.3 is 0 Å². The molecule has 0 atom stereocenters. The number of benzene rings is 1. The van der Waals surface area contributed by atoms with Crippen LogP contribution in [0.2, 0.25) is 5.15 Å². The van der Waals surface area contributed by atoms with E-state index in [1.54, 1.807) is 6.07 Å². The minimum absolute atomic E-state index is 0.457. The SMILES string of the molecule is CCCN(Cc1ccc(C#N)cc1)c1cc(Cl)nc(C)n1. The second kappa shape index (κ2) is 7.05. The molecule has 0 radical (unpaired) electrons. The highest BCUT2D eigenvalue weighted by Gasteiger charge is 2.10. The van der Waals surface area contributed by atoms with E-state index in [9.17, 15) is 0 Å². The normalized spacial score (nSPS) is 10.2. The largest absolute Gasteiger partial charge is 0.352 e. The van der Waals surface area contributed by atoms with Crippen molar-refractivity contribution in [3.8, 4) is 6.07 Å². The first kappa shape index (κ1) is 15.3. The number of halogens is 1. The molecule has 0 bridgehead atoms. The summed E-state index contributed by atoms with van der Waals surface area (Å²) in [6, 6.07) is 11.5. The highest BCUT2D eigenvalue weighted by molar-refractivity contribution is 6.29. The zero-order valence-corrected chi connectivity index (χ0v) is 12.9. The van der Waals surface area contributed by atoms with Crippen molar-refractivity contribution in [2.45, 2.75) is 26.8 Å². The maximum absolute atomic E-state index is 8.84. The van der Waals surface area contributed by atoms with Crippen molar-refractivity contribution in [3.05, 3.63) is 52.4 Å². The van der Waals surface area contributed by atoms with Crippen molar-refractivity contribution in [2.24, 2.45) is 0 Å². The van der Waals surface area contributed by atoms with E-state index < -0.39 is 0 Å². The molecule has 2 rings (SSSR count). The third-order valence-corrected chi connectivity index (χ3v) is 3.26. The quantitative estimate of drug-likeness (QED) is 0.790. The number of nitriles is 1. The second-order valence-electron chi connectivity index (χ2n) is 4.83. The van der Waals surface area contributed by atoms with Crippen molar-refractivity contribution in [2.75, 3.05) is 11.4 Å². The molecule has 2 aromatic rings. The fourth-order valence-electron chi connectivity index (χ4n) is 2.13. The molecule has 21 heavy (non-hydrogen) atoms. The Kier molecular flexibility index (Phi) is 5.13. The van der Waals surface area contributed by atoms with Gasteiger partial charge in [-0.05, 0) is 31.0 Å². The number of aryl methyl sites for hydroxylation is 1. The van der Waals surface area contributed by atoms with Gasteiger partial charge in [-0.1, -0.05) is 30.7 Å². The topological polar surface area (TPSA) is 52.8 Å². The van der Waals surface area contributed by atoms with E-state index in [2.05, 4.69) is 27.9 Å². The number of hydrogen-bond acceptors (Lipinski definition) is 4. The maximum atomic E-state index is 8.84. The molecule has 0 aliphatic heterocycles. The van der Waals surface area contributed by atoms with Gasteiger partial charge in [0, 0.05) is 19.2 Å². The lowest BCUT2D eigenvalue weighted by Crippen LogP contribution is -2.24. The average Bonchev–Trinajstić information content (AvgIpc) is 2.46. The predicted octanol–water partition coefficient (Wildman–Crippen LogP) is 3.73. The molecular formula is C16H17ClN4. The fraction of sp³-hybridized carbons (Fsp3) is 0.312. The molecule has 0 amide bonds. The van der Waals surface area contributed by atoms with Gasteiger partial charge in [-0.2, -0.15) is 5.26 Å². The summed E-state index contributed by atoms with van der Waals surface area (Å²) in [5, 5.41) is 9.30. The van der Waals surface area contributed by atoms with Gasteiger partial charge in [0.25, 0.3) is 0 Å². The molecule has 0 aliphatic carbocycles. The number of nitrogens with zero attached hydrogens (tertiary/aromatic N) is 4. The van der Waals surface area contributed by atoms with Gasteiger partial charge in [-0.15, -0.1) is 0 Å². The fourth-order valence-corrected chi connectivity index (χ4v) is 2.35. The Morgan fingerprint density at radius 2 is 1.95 bits per heavy atom. The first-order chi connectivity index (χ1) is 10.1. The lowest BCUT2D eigenvalue weighted by molar-refractivity contribution is 0.749. The summed E-state index contributed by atoms with van der Waals surface area (Å²) in [6.45, 7) is 5.57. The number of anilines is 1. The molecule has 1 aromatic heterocycles. The monoisotopic (exact) mass is 300 g/mol. The Morgan fingerprint density at radius 3 is 2.52 bits per heavy atom. The van der Waals surface area contributed by atoms with Crippen molar-refractivity contribution < 1.29 is 0 Å². The molecule has 0 aliphatic rings. The van der Waals surface area contributed by atoms with E-state index in [4.69, 9.17) is 16.9 Å². The number of hydrogen-bond donors (Lipinski definition) is 0. The molecule has 5 heteroatoms. The summed E-state index contributed by atoms with van der Waals surface area (Å²) in [5.41, 5.74) is 1.80. The second-order valence-corrected chi connectivity index (χ2v) is 5.21. The van der Waals surface area contributed by atoms with Crippen LogP contribution in [0.3, 0.4) is 0 Å². The Balaban J connectivity index is 2.23. The van der Waals surface area contributed by atoms with E-state index in [-0.39, 0.29) is 0 Å². The lowest BCUT2D eigenvalue weighted by atomic mass is 10.1. The number of aromatic nitrogens is 2. The van der Waals surface area contributed by atoms with Crippen LogP contribution in [0.1, 0.15) is 30.3 Å². The molecule has 0 unspecified atom stereocenters. The smallest absolute Gasteiger partial charge is 0.134 e. The molecular weight excluding hydrogens is 284 g/mol. The zero-order valence-electron chi connectivity index (χ0n) is 12.2. The van der Waals surface area contributed by atoms with Gasteiger partial charge in [0.05, 0.1) is 11.6 Å². The maximum Gasteiger partial charge on any atom is 0.134 e. The Labute approximate surface area is 130 Å². The third kappa shape index (κ3) is 4.17. The molecule has 1 aromatic carbocycles. The number of rotatable bonds is 5. The van der Waals surface area contributed by atoms with Gasteiger partial charge in [0.15, 0.2) is 0 Å². The van der Waals surface area contributed by atoms with Gasteiger partial charge in [0.1, 0.15) is 16.8 Å². The highest BCUT2D eigenvalue weighted by Crippen LogP contribution is 2.19. The average molecular weight is 301 g/mol. The molecule has 0 saturated carbocycles. The van der Waals surface area contributed by atoms with E-state index in [0.29, 0.717) is 16.5 Å². The molecule has 0 saturated heterocycles. The molecule has 1 heterocycles. The van der Waals surface area contributed by atoms with Crippen LogP contribution in [-0.4, -0.2) is 16.5 Å². The Hall–Kier alpha value is -2.12. The van der Waals surface area contributed by atoms with Crippen LogP contribution in [-0.2, 0) is 6.54 Å². The van der Waals surface area contributed by atoms with Crippen LogP contribution in [0.4, 0.5) is 5.82 Å². The van der Waals surface area contributed by atoms with Crippen molar-refractivity contribution >= 4 is 17.4 Å². The Morgan fingerprint density at radius 1 is 1.24 bits per heavy atom. The standard InChI is InChI=1S/C16H17ClN4/c1-3-8-21(16-9-15(17)19-12(2)20-16)11-14-6-4-13(10-18)5-7-14/h4-7,9H,3,8,11H2,1-2H3. The van der Waals surface area contributed by atoms with Crippen LogP contribution >= 0.6 is 11.6 Å². The summed E-state index contributed by atoms with van der Waals surface area (Å²) in [6.07, 6.45) is 1.01. The molecule has 108 valence electrons. The molecule has 0 N–H and O–H groups in total. The van der Waals surface area contributed by atoms with Gasteiger partial charge in [-0.25, -0.2) is 9.97 Å². The summed E-state index contributed by atoms with van der Waals surface area (Å²) in [5.74, 6) is 1.50. The van der Waals surface area contributed by atoms with Crippen LogP contribution in [0.15, 0.2) is 30.3 Å². The summed E-state index contributed by atoms with van der Waals surface area (Å²) in [7, 11) is 0. The first-order valence-electron chi connectivity index (χ1n) is 6.87. The van der Waals surface area contributed by atoms with Crippen LogP contribution in [0.5, 0.6) is 0 Å². The van der Waals surface area contributed by atoms with Gasteiger partial charge in [0.2, 0.25) is 0 Å². The lowest BCUT2D eigenvalue weighted by Gasteiger charge is -2.23. The Bertz CT molecular complexity index is 626. The highest BCUT2D eigenvalue weighted by atomic mass is 35.5. The molecule has 0 spiro atoms. The van der Waals surface area contributed by atoms with Crippen LogP contribution in [0.25, 0.3) is 0 Å². The first-order valence-corrected chi connectivity index (χ1v) is 7.25. The summed E-state index contributed by atoms with van der Waals surface area (Å²) < 4.78 is 0. The van der Waals surface area contributed by atoms with Crippen molar-refractivity contribution in [1.29, 1.82) is 5.26 Å². The predicted molar refractivity (Wildman–Crippen MR) is 84.3 cm³/mol. The van der Waals surface area contributed by atoms with E-state index in [1.165, 1.54) is 0 Å². The minimum Gasteiger partial charge on any atom is -0.352 e. The molecule has 4 nitrogen and oxygen atoms in total. The zero-order chi connectivity index (χ0) is 15.2.